The maximum atomic E-state index is 9.65. The lowest BCUT2D eigenvalue weighted by molar-refractivity contribution is 0.199. The Morgan fingerprint density at radius 3 is 2.65 bits per heavy atom. The molecule has 3 nitrogen and oxygen atoms in total. The van der Waals surface area contributed by atoms with Gasteiger partial charge in [0.05, 0.1) is 17.2 Å². The summed E-state index contributed by atoms with van der Waals surface area (Å²) in [7, 11) is 0. The predicted octanol–water partition coefficient (Wildman–Crippen LogP) is 4.51. The summed E-state index contributed by atoms with van der Waals surface area (Å²) in [4.78, 5) is 0. The van der Waals surface area contributed by atoms with Crippen molar-refractivity contribution in [3.63, 3.8) is 0 Å². The van der Waals surface area contributed by atoms with Crippen LogP contribution in [0.15, 0.2) is 12.3 Å². The van der Waals surface area contributed by atoms with E-state index < -0.39 is 0 Å². The zero-order chi connectivity index (χ0) is 14.6. The highest BCUT2D eigenvalue weighted by molar-refractivity contribution is 5.11. The Kier molecular flexibility index (Phi) is 4.86. The van der Waals surface area contributed by atoms with Crippen LogP contribution in [0.3, 0.4) is 0 Å². The maximum absolute atomic E-state index is 9.65. The molecule has 1 aliphatic rings. The molecule has 1 aromatic rings. The van der Waals surface area contributed by atoms with Crippen LogP contribution in [0.4, 0.5) is 0 Å². The predicted molar refractivity (Wildman–Crippen MR) is 81.2 cm³/mol. The largest absolute Gasteiger partial charge is 0.270 e. The fourth-order valence-electron chi connectivity index (χ4n) is 3.36. The van der Waals surface area contributed by atoms with Crippen LogP contribution in [0.25, 0.3) is 0 Å². The van der Waals surface area contributed by atoms with Crippen molar-refractivity contribution in [2.24, 2.45) is 11.3 Å². The summed E-state index contributed by atoms with van der Waals surface area (Å²) >= 11 is 0. The third-order valence-electron chi connectivity index (χ3n) is 4.71. The van der Waals surface area contributed by atoms with E-state index in [1.807, 2.05) is 10.9 Å². The van der Waals surface area contributed by atoms with Crippen LogP contribution in [0.2, 0.25) is 0 Å². The van der Waals surface area contributed by atoms with Crippen molar-refractivity contribution in [2.45, 2.75) is 71.8 Å². The van der Waals surface area contributed by atoms with E-state index >= 15 is 0 Å². The molecule has 110 valence electrons. The van der Waals surface area contributed by atoms with Gasteiger partial charge >= 0.3 is 0 Å². The molecule has 1 fully saturated rings. The van der Waals surface area contributed by atoms with Gasteiger partial charge in [0.2, 0.25) is 0 Å². The molecule has 1 aliphatic carbocycles. The van der Waals surface area contributed by atoms with Gasteiger partial charge in [0.25, 0.3) is 0 Å². The highest BCUT2D eigenvalue weighted by atomic mass is 15.3. The minimum atomic E-state index is -0.166. The van der Waals surface area contributed by atoms with E-state index in [4.69, 9.17) is 0 Å². The number of hydrogen-bond acceptors (Lipinski definition) is 2. The second kappa shape index (κ2) is 6.43. The lowest BCUT2D eigenvalue weighted by Gasteiger charge is -2.34. The van der Waals surface area contributed by atoms with E-state index in [9.17, 15) is 5.26 Å². The van der Waals surface area contributed by atoms with E-state index in [0.717, 1.165) is 30.9 Å². The summed E-state index contributed by atoms with van der Waals surface area (Å²) in [6.45, 7) is 6.52. The Balaban J connectivity index is 2.00. The van der Waals surface area contributed by atoms with Crippen LogP contribution in [0, 0.1) is 22.7 Å². The molecule has 1 aromatic heterocycles. The van der Waals surface area contributed by atoms with Gasteiger partial charge in [-0.15, -0.1) is 0 Å². The SMILES string of the molecule is CCCC1CCC(C#N)(Cc2ccn(C(C)C)n2)CC1. The minimum Gasteiger partial charge on any atom is -0.270 e. The second-order valence-electron chi connectivity index (χ2n) is 6.68. The molecule has 0 atom stereocenters. The molecule has 3 heteroatoms. The summed E-state index contributed by atoms with van der Waals surface area (Å²) in [5.41, 5.74) is 0.912. The number of nitrogens with zero attached hydrogens (tertiary/aromatic N) is 3. The van der Waals surface area contributed by atoms with Crippen LogP contribution >= 0.6 is 0 Å². The molecular formula is C17H27N3. The van der Waals surface area contributed by atoms with Crippen molar-refractivity contribution in [2.75, 3.05) is 0 Å². The topological polar surface area (TPSA) is 41.6 Å². The van der Waals surface area contributed by atoms with Gasteiger partial charge in [-0.2, -0.15) is 10.4 Å². The molecule has 0 aliphatic heterocycles. The standard InChI is InChI=1S/C17H27N3/c1-4-5-15-6-9-17(13-18,10-7-15)12-16-8-11-20(19-16)14(2)3/h8,11,14-15H,4-7,9-10,12H2,1-3H3. The van der Waals surface area contributed by atoms with Gasteiger partial charge in [-0.3, -0.25) is 4.68 Å². The first-order valence-corrected chi connectivity index (χ1v) is 8.04. The number of nitriles is 1. The number of aromatic nitrogens is 2. The Labute approximate surface area is 123 Å². The van der Waals surface area contributed by atoms with Crippen molar-refractivity contribution in [1.29, 1.82) is 5.26 Å². The summed E-state index contributed by atoms with van der Waals surface area (Å²) in [6.07, 6.45) is 9.96. The van der Waals surface area contributed by atoms with Crippen LogP contribution in [-0.4, -0.2) is 9.78 Å². The molecule has 2 rings (SSSR count). The normalized spacial score (nSPS) is 26.6. The van der Waals surface area contributed by atoms with E-state index in [2.05, 4.69) is 38.0 Å². The quantitative estimate of drug-likeness (QED) is 0.792. The molecular weight excluding hydrogens is 246 g/mol. The first-order valence-electron chi connectivity index (χ1n) is 8.04. The van der Waals surface area contributed by atoms with Crippen molar-refractivity contribution in [3.8, 4) is 6.07 Å². The van der Waals surface area contributed by atoms with Crippen molar-refractivity contribution in [1.82, 2.24) is 9.78 Å². The van der Waals surface area contributed by atoms with Crippen LogP contribution < -0.4 is 0 Å². The Morgan fingerprint density at radius 1 is 1.45 bits per heavy atom. The first kappa shape index (κ1) is 15.1. The second-order valence-corrected chi connectivity index (χ2v) is 6.68. The lowest BCUT2D eigenvalue weighted by atomic mass is 9.68. The van der Waals surface area contributed by atoms with Gasteiger partial charge < -0.3 is 0 Å². The molecule has 0 aromatic carbocycles. The van der Waals surface area contributed by atoms with Gasteiger partial charge in [0.15, 0.2) is 0 Å². The van der Waals surface area contributed by atoms with Crippen molar-refractivity contribution in [3.05, 3.63) is 18.0 Å². The fraction of sp³-hybridized carbons (Fsp3) is 0.765. The van der Waals surface area contributed by atoms with Gasteiger partial charge in [-0.25, -0.2) is 0 Å². The summed E-state index contributed by atoms with van der Waals surface area (Å²) in [5.74, 6) is 0.842. The highest BCUT2D eigenvalue weighted by Crippen LogP contribution is 2.42. The Bertz CT molecular complexity index is 459. The van der Waals surface area contributed by atoms with Crippen LogP contribution in [0.5, 0.6) is 0 Å². The van der Waals surface area contributed by atoms with Gasteiger partial charge in [0, 0.05) is 18.7 Å². The average Bonchev–Trinajstić information content (AvgIpc) is 2.90. The van der Waals surface area contributed by atoms with Crippen molar-refractivity contribution >= 4 is 0 Å². The molecule has 0 spiro atoms. The molecule has 1 heterocycles. The molecule has 0 amide bonds. The van der Waals surface area contributed by atoms with Gasteiger partial charge in [-0.1, -0.05) is 19.8 Å². The number of hydrogen-bond donors (Lipinski definition) is 0. The lowest BCUT2D eigenvalue weighted by Crippen LogP contribution is -2.28. The van der Waals surface area contributed by atoms with Crippen molar-refractivity contribution < 1.29 is 0 Å². The summed E-state index contributed by atoms with van der Waals surface area (Å²) in [5, 5.41) is 14.3. The van der Waals surface area contributed by atoms with E-state index in [1.165, 1.54) is 25.7 Å². The summed E-state index contributed by atoms with van der Waals surface area (Å²) < 4.78 is 1.99. The Hall–Kier alpha value is -1.30. The molecule has 0 bridgehead atoms. The molecule has 0 saturated heterocycles. The maximum Gasteiger partial charge on any atom is 0.0693 e. The van der Waals surface area contributed by atoms with Gasteiger partial charge in [0.1, 0.15) is 0 Å². The molecule has 0 N–H and O–H groups in total. The zero-order valence-corrected chi connectivity index (χ0v) is 13.1. The fourth-order valence-corrected chi connectivity index (χ4v) is 3.36. The van der Waals surface area contributed by atoms with Gasteiger partial charge in [-0.05, 0) is 51.5 Å². The summed E-state index contributed by atoms with van der Waals surface area (Å²) in [6, 6.07) is 5.09. The molecule has 0 radical (unpaired) electrons. The third kappa shape index (κ3) is 3.42. The molecule has 0 unspecified atom stereocenters. The Morgan fingerprint density at radius 2 is 2.15 bits per heavy atom. The smallest absolute Gasteiger partial charge is 0.0693 e. The monoisotopic (exact) mass is 273 g/mol. The highest BCUT2D eigenvalue weighted by Gasteiger charge is 2.36. The molecule has 20 heavy (non-hydrogen) atoms. The van der Waals surface area contributed by atoms with Crippen LogP contribution in [0.1, 0.15) is 71.0 Å². The first-order chi connectivity index (χ1) is 9.58. The van der Waals surface area contributed by atoms with E-state index in [0.29, 0.717) is 6.04 Å². The number of rotatable bonds is 5. The third-order valence-corrected chi connectivity index (χ3v) is 4.71. The van der Waals surface area contributed by atoms with E-state index in [-0.39, 0.29) is 5.41 Å². The average molecular weight is 273 g/mol. The zero-order valence-electron chi connectivity index (χ0n) is 13.1. The minimum absolute atomic E-state index is 0.166. The van der Waals surface area contributed by atoms with Crippen LogP contribution in [-0.2, 0) is 6.42 Å². The molecule has 1 saturated carbocycles. The van der Waals surface area contributed by atoms with E-state index in [1.54, 1.807) is 0 Å².